The number of benzene rings is 1. The molecule has 19 heavy (non-hydrogen) atoms. The van der Waals surface area contributed by atoms with Gasteiger partial charge in [-0.3, -0.25) is 0 Å². The van der Waals surface area contributed by atoms with Gasteiger partial charge in [-0.05, 0) is 24.1 Å². The van der Waals surface area contributed by atoms with Crippen LogP contribution < -0.4 is 10.1 Å². The third-order valence-corrected chi connectivity index (χ3v) is 2.48. The van der Waals surface area contributed by atoms with Gasteiger partial charge >= 0.3 is 6.18 Å². The molecular weight excluding hydrogens is 259 g/mol. The number of ether oxygens (including phenoxy) is 2. The molecule has 0 unspecified atom stereocenters. The largest absolute Gasteiger partial charge is 0.496 e. The second-order valence-electron chi connectivity index (χ2n) is 4.15. The molecular formula is C13H18F3NO2. The molecule has 6 heteroatoms. The molecule has 0 amide bonds. The van der Waals surface area contributed by atoms with Crippen LogP contribution in [0.4, 0.5) is 13.2 Å². The van der Waals surface area contributed by atoms with E-state index in [-0.39, 0.29) is 6.61 Å². The van der Waals surface area contributed by atoms with Crippen molar-refractivity contribution in [2.24, 2.45) is 0 Å². The highest BCUT2D eigenvalue weighted by Crippen LogP contribution is 2.18. The van der Waals surface area contributed by atoms with E-state index in [1.807, 2.05) is 25.1 Å². The number of hydrogen-bond donors (Lipinski definition) is 1. The molecule has 0 heterocycles. The molecule has 0 aliphatic heterocycles. The summed E-state index contributed by atoms with van der Waals surface area (Å²) in [7, 11) is 1.61. The summed E-state index contributed by atoms with van der Waals surface area (Å²) < 4.78 is 45.0. The lowest BCUT2D eigenvalue weighted by molar-refractivity contribution is -0.173. The van der Waals surface area contributed by atoms with E-state index >= 15 is 0 Å². The number of methoxy groups -OCH3 is 1. The van der Waals surface area contributed by atoms with Crippen LogP contribution >= 0.6 is 0 Å². The van der Waals surface area contributed by atoms with Crippen LogP contribution in [0, 0.1) is 6.92 Å². The fourth-order valence-corrected chi connectivity index (χ4v) is 1.62. The molecule has 0 radical (unpaired) electrons. The second kappa shape index (κ2) is 7.35. The number of hydrogen-bond acceptors (Lipinski definition) is 3. The Morgan fingerprint density at radius 1 is 1.26 bits per heavy atom. The Morgan fingerprint density at radius 2 is 2.00 bits per heavy atom. The minimum atomic E-state index is -4.26. The molecule has 0 atom stereocenters. The molecule has 0 aliphatic carbocycles. The molecule has 1 aromatic rings. The van der Waals surface area contributed by atoms with Gasteiger partial charge in [0.1, 0.15) is 12.4 Å². The van der Waals surface area contributed by atoms with E-state index in [1.54, 1.807) is 7.11 Å². The summed E-state index contributed by atoms with van der Waals surface area (Å²) in [5.74, 6) is 0.817. The van der Waals surface area contributed by atoms with Gasteiger partial charge in [0.25, 0.3) is 0 Å². The lowest BCUT2D eigenvalue weighted by atomic mass is 10.1. The predicted octanol–water partition coefficient (Wildman–Crippen LogP) is 2.67. The van der Waals surface area contributed by atoms with Crippen molar-refractivity contribution < 1.29 is 22.6 Å². The zero-order chi connectivity index (χ0) is 14.3. The first-order valence-electron chi connectivity index (χ1n) is 5.91. The Balaban J connectivity index is 2.21. The molecule has 1 N–H and O–H groups in total. The Kier molecular flexibility index (Phi) is 6.11. The summed E-state index contributed by atoms with van der Waals surface area (Å²) in [6.07, 6.45) is -4.26. The van der Waals surface area contributed by atoms with Crippen LogP contribution in [0.15, 0.2) is 18.2 Å². The molecule has 1 rings (SSSR count). The molecule has 0 bridgehead atoms. The zero-order valence-electron chi connectivity index (χ0n) is 11.0. The molecule has 0 aromatic heterocycles. The van der Waals surface area contributed by atoms with Gasteiger partial charge in [0.15, 0.2) is 0 Å². The van der Waals surface area contributed by atoms with E-state index in [0.717, 1.165) is 16.9 Å². The van der Waals surface area contributed by atoms with E-state index in [9.17, 15) is 13.2 Å². The highest BCUT2D eigenvalue weighted by Gasteiger charge is 2.27. The van der Waals surface area contributed by atoms with Crippen molar-refractivity contribution in [1.82, 2.24) is 5.32 Å². The molecule has 0 spiro atoms. The summed E-state index contributed by atoms with van der Waals surface area (Å²) >= 11 is 0. The maximum Gasteiger partial charge on any atom is 0.411 e. The minimum absolute atomic E-state index is 0.0364. The Morgan fingerprint density at radius 3 is 2.58 bits per heavy atom. The Bertz CT molecular complexity index is 394. The topological polar surface area (TPSA) is 30.5 Å². The quantitative estimate of drug-likeness (QED) is 0.777. The van der Waals surface area contributed by atoms with Gasteiger partial charge in [0, 0.05) is 13.1 Å². The van der Waals surface area contributed by atoms with Crippen molar-refractivity contribution in [1.29, 1.82) is 0 Å². The third kappa shape index (κ3) is 6.45. The van der Waals surface area contributed by atoms with Gasteiger partial charge in [-0.1, -0.05) is 12.1 Å². The van der Waals surface area contributed by atoms with E-state index in [4.69, 9.17) is 4.74 Å². The normalized spacial score (nSPS) is 11.6. The predicted molar refractivity (Wildman–Crippen MR) is 66.3 cm³/mol. The van der Waals surface area contributed by atoms with Gasteiger partial charge in [-0.25, -0.2) is 0 Å². The summed E-state index contributed by atoms with van der Waals surface area (Å²) in [6.45, 7) is 1.74. The maximum atomic E-state index is 11.8. The van der Waals surface area contributed by atoms with Crippen LogP contribution in [-0.2, 0) is 11.3 Å². The molecule has 0 aliphatic rings. The van der Waals surface area contributed by atoms with Gasteiger partial charge in [-0.15, -0.1) is 0 Å². The first-order valence-corrected chi connectivity index (χ1v) is 5.91. The van der Waals surface area contributed by atoms with Crippen molar-refractivity contribution >= 4 is 0 Å². The molecule has 0 saturated heterocycles. The monoisotopic (exact) mass is 277 g/mol. The molecule has 0 fully saturated rings. The number of halogens is 3. The lowest BCUT2D eigenvalue weighted by Crippen LogP contribution is -2.23. The van der Waals surface area contributed by atoms with Crippen LogP contribution in [0.3, 0.4) is 0 Å². The summed E-state index contributed by atoms with van der Waals surface area (Å²) in [4.78, 5) is 0. The molecule has 1 aromatic carbocycles. The second-order valence-corrected chi connectivity index (χ2v) is 4.15. The average molecular weight is 277 g/mol. The van der Waals surface area contributed by atoms with Crippen molar-refractivity contribution in [2.75, 3.05) is 26.9 Å². The molecule has 0 saturated carbocycles. The molecule has 108 valence electrons. The number of alkyl halides is 3. The van der Waals surface area contributed by atoms with E-state index in [2.05, 4.69) is 10.1 Å². The fourth-order valence-electron chi connectivity index (χ4n) is 1.62. The first kappa shape index (κ1) is 15.8. The average Bonchev–Trinajstić information content (AvgIpc) is 2.32. The summed E-state index contributed by atoms with van der Waals surface area (Å²) in [5, 5.41) is 3.02. The lowest BCUT2D eigenvalue weighted by Gasteiger charge is -2.10. The van der Waals surface area contributed by atoms with Crippen LogP contribution in [-0.4, -0.2) is 33.0 Å². The number of aryl methyl sites for hydroxylation is 1. The van der Waals surface area contributed by atoms with Gasteiger partial charge in [0.05, 0.1) is 13.7 Å². The highest BCUT2D eigenvalue weighted by molar-refractivity contribution is 5.36. The van der Waals surface area contributed by atoms with Crippen molar-refractivity contribution in [3.8, 4) is 5.75 Å². The Labute approximate surface area is 110 Å². The Hall–Kier alpha value is -1.27. The standard InChI is InChI=1S/C13H18F3NO2/c1-10-7-11(3-4-12(10)18-2)8-17-5-6-19-9-13(14,15)16/h3-4,7,17H,5-6,8-9H2,1-2H3. The minimum Gasteiger partial charge on any atom is -0.496 e. The summed E-state index contributed by atoms with van der Waals surface area (Å²) in [6, 6.07) is 5.75. The van der Waals surface area contributed by atoms with Crippen LogP contribution in [0.25, 0.3) is 0 Å². The molecule has 3 nitrogen and oxygen atoms in total. The van der Waals surface area contributed by atoms with Gasteiger partial charge < -0.3 is 14.8 Å². The maximum absolute atomic E-state index is 11.8. The summed E-state index contributed by atoms with van der Waals surface area (Å²) in [5.41, 5.74) is 2.07. The smallest absolute Gasteiger partial charge is 0.411 e. The zero-order valence-corrected chi connectivity index (χ0v) is 11.0. The van der Waals surface area contributed by atoms with E-state index in [1.165, 1.54) is 0 Å². The highest BCUT2D eigenvalue weighted by atomic mass is 19.4. The first-order chi connectivity index (χ1) is 8.92. The van der Waals surface area contributed by atoms with Crippen LogP contribution in [0.1, 0.15) is 11.1 Å². The van der Waals surface area contributed by atoms with Gasteiger partial charge in [-0.2, -0.15) is 13.2 Å². The van der Waals surface area contributed by atoms with Crippen molar-refractivity contribution in [2.45, 2.75) is 19.6 Å². The van der Waals surface area contributed by atoms with E-state index in [0.29, 0.717) is 13.1 Å². The van der Waals surface area contributed by atoms with Crippen LogP contribution in [0.5, 0.6) is 5.75 Å². The fraction of sp³-hybridized carbons (Fsp3) is 0.538. The third-order valence-electron chi connectivity index (χ3n) is 2.48. The van der Waals surface area contributed by atoms with Crippen LogP contribution in [0.2, 0.25) is 0 Å². The number of rotatable bonds is 7. The van der Waals surface area contributed by atoms with Gasteiger partial charge in [0.2, 0.25) is 0 Å². The SMILES string of the molecule is COc1ccc(CNCCOCC(F)(F)F)cc1C. The number of nitrogens with one attached hydrogen (secondary N) is 1. The van der Waals surface area contributed by atoms with E-state index < -0.39 is 12.8 Å². The van der Waals surface area contributed by atoms with Crippen molar-refractivity contribution in [3.63, 3.8) is 0 Å². The van der Waals surface area contributed by atoms with Crippen molar-refractivity contribution in [3.05, 3.63) is 29.3 Å².